The van der Waals surface area contributed by atoms with Crippen molar-refractivity contribution in [1.82, 2.24) is 9.21 Å². The van der Waals surface area contributed by atoms with Crippen molar-refractivity contribution in [3.63, 3.8) is 0 Å². The van der Waals surface area contributed by atoms with Gasteiger partial charge in [0.1, 0.15) is 5.82 Å². The van der Waals surface area contributed by atoms with Gasteiger partial charge in [-0.3, -0.25) is 9.69 Å². The third-order valence-corrected chi connectivity index (χ3v) is 6.39. The lowest BCUT2D eigenvalue weighted by Gasteiger charge is -2.24. The number of halogens is 1. The Morgan fingerprint density at radius 3 is 2.62 bits per heavy atom. The van der Waals surface area contributed by atoms with Crippen LogP contribution in [0, 0.1) is 24.1 Å². The number of carboxylic acids is 1. The first kappa shape index (κ1) is 17.3. The number of hydrogen-bond acceptors (Lipinski definition) is 4. The molecule has 0 saturated carbocycles. The minimum atomic E-state index is -3.39. The number of likely N-dealkylation sites (tertiary alicyclic amines) is 1. The smallest absolute Gasteiger partial charge is 0.312 e. The molecule has 0 amide bonds. The molecule has 2 aliphatic heterocycles. The fourth-order valence-electron chi connectivity index (χ4n) is 3.86. The summed E-state index contributed by atoms with van der Waals surface area (Å²) < 4.78 is 38.1. The zero-order valence-corrected chi connectivity index (χ0v) is 14.5. The van der Waals surface area contributed by atoms with Crippen LogP contribution in [0.25, 0.3) is 0 Å². The van der Waals surface area contributed by atoms with Crippen LogP contribution in [-0.4, -0.2) is 61.1 Å². The molecular formula is C16H21FN2O4S. The van der Waals surface area contributed by atoms with Gasteiger partial charge in [0.2, 0.25) is 10.0 Å². The maximum atomic E-state index is 13.4. The van der Waals surface area contributed by atoms with Crippen LogP contribution in [0.4, 0.5) is 4.39 Å². The molecule has 1 aromatic rings. The van der Waals surface area contributed by atoms with Crippen molar-refractivity contribution in [1.29, 1.82) is 0 Å². The first-order chi connectivity index (χ1) is 11.1. The Morgan fingerprint density at radius 1 is 1.38 bits per heavy atom. The Bertz CT molecular complexity index is 782. The van der Waals surface area contributed by atoms with E-state index in [1.165, 1.54) is 10.4 Å². The second-order valence-electron chi connectivity index (χ2n) is 6.97. The molecular weight excluding hydrogens is 335 g/mol. The molecule has 0 radical (unpaired) electrons. The lowest BCUT2D eigenvalue weighted by atomic mass is 9.81. The summed E-state index contributed by atoms with van der Waals surface area (Å²) in [6, 6.07) is 4.88. The third kappa shape index (κ3) is 2.94. The number of carboxylic acid groups (broad SMARTS) is 1. The highest BCUT2D eigenvalue weighted by molar-refractivity contribution is 7.88. The molecule has 0 spiro atoms. The van der Waals surface area contributed by atoms with Crippen molar-refractivity contribution < 1.29 is 22.7 Å². The van der Waals surface area contributed by atoms with Gasteiger partial charge >= 0.3 is 5.97 Å². The molecule has 2 saturated heterocycles. The van der Waals surface area contributed by atoms with Crippen molar-refractivity contribution >= 4 is 16.0 Å². The first-order valence-electron chi connectivity index (χ1n) is 7.78. The highest BCUT2D eigenvalue weighted by atomic mass is 32.2. The minimum absolute atomic E-state index is 0.0186. The lowest BCUT2D eigenvalue weighted by Crippen LogP contribution is -2.41. The van der Waals surface area contributed by atoms with Crippen LogP contribution >= 0.6 is 0 Å². The summed E-state index contributed by atoms with van der Waals surface area (Å²) in [6.07, 6.45) is 1.11. The summed E-state index contributed by atoms with van der Waals surface area (Å²) in [7, 11) is -3.39. The van der Waals surface area contributed by atoms with E-state index in [9.17, 15) is 22.7 Å². The van der Waals surface area contributed by atoms with Crippen LogP contribution in [0.1, 0.15) is 11.1 Å². The van der Waals surface area contributed by atoms with E-state index < -0.39 is 21.4 Å². The molecule has 2 fully saturated rings. The summed E-state index contributed by atoms with van der Waals surface area (Å²) >= 11 is 0. The lowest BCUT2D eigenvalue weighted by molar-refractivity contribution is -0.148. The number of aryl methyl sites for hydroxylation is 1. The van der Waals surface area contributed by atoms with Gasteiger partial charge in [-0.1, -0.05) is 12.1 Å². The van der Waals surface area contributed by atoms with Gasteiger partial charge in [-0.05, 0) is 24.1 Å². The number of rotatable bonds is 4. The molecule has 8 heteroatoms. The Hall–Kier alpha value is -1.51. The van der Waals surface area contributed by atoms with Crippen LogP contribution < -0.4 is 0 Å². The molecule has 3 rings (SSSR count). The Labute approximate surface area is 140 Å². The monoisotopic (exact) mass is 356 g/mol. The number of hydrogen-bond donors (Lipinski definition) is 1. The molecule has 2 atom stereocenters. The van der Waals surface area contributed by atoms with Crippen LogP contribution in [0.5, 0.6) is 0 Å². The number of nitrogens with zero attached hydrogens (tertiary/aromatic N) is 2. The summed E-state index contributed by atoms with van der Waals surface area (Å²) in [5, 5.41) is 9.72. The molecule has 2 heterocycles. The van der Waals surface area contributed by atoms with Crippen molar-refractivity contribution in [2.75, 3.05) is 32.4 Å². The van der Waals surface area contributed by atoms with Gasteiger partial charge in [0.05, 0.1) is 11.7 Å². The van der Waals surface area contributed by atoms with Crippen molar-refractivity contribution in [2.45, 2.75) is 13.5 Å². The van der Waals surface area contributed by atoms with E-state index in [4.69, 9.17) is 0 Å². The zero-order chi connectivity index (χ0) is 17.7. The highest BCUT2D eigenvalue weighted by Gasteiger charge is 2.58. The molecule has 0 aliphatic carbocycles. The van der Waals surface area contributed by atoms with Crippen LogP contribution in [0.15, 0.2) is 18.2 Å². The molecule has 1 N–H and O–H groups in total. The van der Waals surface area contributed by atoms with E-state index in [1.807, 2.05) is 4.90 Å². The van der Waals surface area contributed by atoms with E-state index in [2.05, 4.69) is 0 Å². The first-order valence-corrected chi connectivity index (χ1v) is 9.62. The zero-order valence-electron chi connectivity index (χ0n) is 13.7. The Kier molecular flexibility index (Phi) is 4.17. The number of fused-ring (bicyclic) bond motifs is 1. The van der Waals surface area contributed by atoms with E-state index in [0.717, 1.165) is 11.8 Å². The Balaban J connectivity index is 1.78. The van der Waals surface area contributed by atoms with Gasteiger partial charge in [-0.15, -0.1) is 0 Å². The quantitative estimate of drug-likeness (QED) is 0.868. The van der Waals surface area contributed by atoms with E-state index >= 15 is 0 Å². The molecule has 1 aromatic carbocycles. The highest BCUT2D eigenvalue weighted by Crippen LogP contribution is 2.44. The third-order valence-electron chi connectivity index (χ3n) is 5.17. The number of aliphatic carboxylic acids is 1. The summed E-state index contributed by atoms with van der Waals surface area (Å²) in [4.78, 5) is 13.9. The second kappa shape index (κ2) is 5.79. The summed E-state index contributed by atoms with van der Waals surface area (Å²) in [6.45, 7) is 3.31. The van der Waals surface area contributed by atoms with Gasteiger partial charge in [-0.2, -0.15) is 0 Å². The van der Waals surface area contributed by atoms with Gasteiger partial charge in [0.15, 0.2) is 0 Å². The second-order valence-corrected chi connectivity index (χ2v) is 8.95. The van der Waals surface area contributed by atoms with E-state index in [0.29, 0.717) is 25.2 Å². The Morgan fingerprint density at radius 2 is 2.08 bits per heavy atom. The predicted molar refractivity (Wildman–Crippen MR) is 86.4 cm³/mol. The number of carbonyl (C=O) groups is 1. The summed E-state index contributed by atoms with van der Waals surface area (Å²) in [5.41, 5.74) is 0.426. The van der Waals surface area contributed by atoms with Gasteiger partial charge < -0.3 is 5.11 Å². The fourth-order valence-corrected chi connectivity index (χ4v) is 4.78. The van der Waals surface area contributed by atoms with E-state index in [1.54, 1.807) is 19.1 Å². The molecule has 132 valence electrons. The minimum Gasteiger partial charge on any atom is -0.481 e. The maximum Gasteiger partial charge on any atom is 0.312 e. The molecule has 2 aliphatic rings. The average Bonchev–Trinajstić information content (AvgIpc) is 2.97. The predicted octanol–water partition coefficient (Wildman–Crippen LogP) is 0.912. The molecule has 0 bridgehead atoms. The fraction of sp³-hybridized carbons (Fsp3) is 0.562. The normalized spacial score (nSPS) is 28.2. The van der Waals surface area contributed by atoms with Crippen LogP contribution in [0.3, 0.4) is 0 Å². The van der Waals surface area contributed by atoms with Crippen molar-refractivity contribution in [3.8, 4) is 0 Å². The maximum absolute atomic E-state index is 13.4. The molecule has 24 heavy (non-hydrogen) atoms. The van der Waals surface area contributed by atoms with Gasteiger partial charge in [-0.25, -0.2) is 17.1 Å². The van der Waals surface area contributed by atoms with Crippen LogP contribution in [0.2, 0.25) is 0 Å². The molecule has 0 aromatic heterocycles. The molecule has 0 unspecified atom stereocenters. The van der Waals surface area contributed by atoms with Gasteiger partial charge in [0, 0.05) is 38.6 Å². The number of benzene rings is 1. The number of sulfonamides is 1. The summed E-state index contributed by atoms with van der Waals surface area (Å²) in [5.74, 6) is -1.44. The van der Waals surface area contributed by atoms with Crippen molar-refractivity contribution in [3.05, 3.63) is 35.1 Å². The van der Waals surface area contributed by atoms with Crippen molar-refractivity contribution in [2.24, 2.45) is 11.3 Å². The topological polar surface area (TPSA) is 77.9 Å². The molecule has 6 nitrogen and oxygen atoms in total. The standard InChI is InChI=1S/C16H21FN2O4S/c1-11-5-12(3-4-14(11)17)6-18-7-13-8-19(24(2,22)23)10-16(13,9-18)15(20)21/h3-5,13H,6-10H2,1-2H3,(H,20,21)/t13-,16-/m1/s1. The van der Waals surface area contributed by atoms with E-state index in [-0.39, 0.29) is 24.8 Å². The average molecular weight is 356 g/mol. The largest absolute Gasteiger partial charge is 0.481 e. The SMILES string of the molecule is Cc1cc(CN2C[C@@H]3CN(S(C)(=O)=O)C[C@]3(C(=O)O)C2)ccc1F. The van der Waals surface area contributed by atoms with Crippen LogP contribution in [-0.2, 0) is 21.4 Å². The van der Waals surface area contributed by atoms with Gasteiger partial charge in [0.25, 0.3) is 0 Å².